The van der Waals surface area contributed by atoms with Gasteiger partial charge in [0.15, 0.2) is 0 Å². The first-order chi connectivity index (χ1) is 13.3. The van der Waals surface area contributed by atoms with Crippen molar-refractivity contribution in [2.45, 2.75) is 11.8 Å². The van der Waals surface area contributed by atoms with E-state index in [4.69, 9.17) is 21.8 Å². The quantitative estimate of drug-likeness (QED) is 0.502. The molecule has 2 heterocycles. The Labute approximate surface area is 172 Å². The van der Waals surface area contributed by atoms with Crippen LogP contribution in [0.3, 0.4) is 0 Å². The van der Waals surface area contributed by atoms with Gasteiger partial charge in [-0.25, -0.2) is 18.2 Å². The molecule has 0 aliphatic heterocycles. The van der Waals surface area contributed by atoms with Crippen LogP contribution in [0.1, 0.15) is 5.56 Å². The molecule has 0 amide bonds. The van der Waals surface area contributed by atoms with Crippen LogP contribution in [0.15, 0.2) is 70.9 Å². The number of thiophene rings is 1. The highest BCUT2D eigenvalue weighted by molar-refractivity contribution is 7.89. The first-order valence-corrected chi connectivity index (χ1v) is 11.2. The largest absolute Gasteiger partial charge is 0.240 e. The molecule has 4 rings (SSSR count). The van der Waals surface area contributed by atoms with Gasteiger partial charge in [0.25, 0.3) is 0 Å². The SMILES string of the molecule is Cc1csc(-c2cc(-c3ccc(Cl)cc3)n(-c3ccccc3S(N)(=O)=O)n2)c1. The molecular weight excluding hydrogens is 414 g/mol. The second-order valence-electron chi connectivity index (χ2n) is 6.33. The van der Waals surface area contributed by atoms with Gasteiger partial charge in [-0.2, -0.15) is 5.10 Å². The van der Waals surface area contributed by atoms with Crippen molar-refractivity contribution in [2.24, 2.45) is 5.14 Å². The van der Waals surface area contributed by atoms with E-state index in [0.29, 0.717) is 10.7 Å². The molecule has 0 aliphatic rings. The Balaban J connectivity index is 1.99. The summed E-state index contributed by atoms with van der Waals surface area (Å²) in [6.07, 6.45) is 0. The lowest BCUT2D eigenvalue weighted by molar-refractivity contribution is 0.596. The molecule has 0 unspecified atom stereocenters. The molecule has 0 aliphatic carbocycles. The molecular formula is C20H16ClN3O2S2. The molecule has 0 fully saturated rings. The molecule has 0 atom stereocenters. The molecule has 2 aromatic carbocycles. The Hall–Kier alpha value is -2.45. The van der Waals surface area contributed by atoms with Crippen LogP contribution in [0, 0.1) is 6.92 Å². The minimum absolute atomic E-state index is 0.0159. The highest BCUT2D eigenvalue weighted by Crippen LogP contribution is 2.33. The molecule has 0 spiro atoms. The number of halogens is 1. The van der Waals surface area contributed by atoms with Gasteiger partial charge in [0.2, 0.25) is 10.0 Å². The van der Waals surface area contributed by atoms with Crippen LogP contribution in [0.5, 0.6) is 0 Å². The van der Waals surface area contributed by atoms with E-state index < -0.39 is 10.0 Å². The van der Waals surface area contributed by atoms with Gasteiger partial charge < -0.3 is 0 Å². The number of benzene rings is 2. The van der Waals surface area contributed by atoms with Crippen molar-refractivity contribution in [3.05, 3.63) is 76.6 Å². The lowest BCUT2D eigenvalue weighted by Crippen LogP contribution is -2.16. The third-order valence-electron chi connectivity index (χ3n) is 4.23. The fraction of sp³-hybridized carbons (Fsp3) is 0.0500. The number of primary sulfonamides is 1. The van der Waals surface area contributed by atoms with Crippen molar-refractivity contribution in [3.63, 3.8) is 0 Å². The molecule has 142 valence electrons. The standard InChI is InChI=1S/C20H16ClN3O2S2/c1-13-10-19(27-12-13)16-11-18(14-6-8-15(21)9-7-14)24(23-16)17-4-2-3-5-20(17)28(22,25)26/h2-12H,1H3,(H2,22,25,26). The average Bonchev–Trinajstić information content (AvgIpc) is 3.28. The molecule has 0 saturated carbocycles. The van der Waals surface area contributed by atoms with Crippen LogP contribution in [0.25, 0.3) is 27.5 Å². The van der Waals surface area contributed by atoms with Crippen molar-refractivity contribution >= 4 is 33.0 Å². The first kappa shape index (κ1) is 18.9. The summed E-state index contributed by atoms with van der Waals surface area (Å²) in [4.78, 5) is 1.02. The zero-order valence-corrected chi connectivity index (χ0v) is 17.2. The molecule has 4 aromatic rings. The fourth-order valence-corrected chi connectivity index (χ4v) is 4.65. The predicted molar refractivity (Wildman–Crippen MR) is 113 cm³/mol. The van der Waals surface area contributed by atoms with Crippen molar-refractivity contribution in [1.82, 2.24) is 9.78 Å². The number of rotatable bonds is 4. The zero-order chi connectivity index (χ0) is 19.9. The topological polar surface area (TPSA) is 78.0 Å². The van der Waals surface area contributed by atoms with Gasteiger partial charge >= 0.3 is 0 Å². The van der Waals surface area contributed by atoms with E-state index in [9.17, 15) is 8.42 Å². The van der Waals surface area contributed by atoms with Crippen LogP contribution >= 0.6 is 22.9 Å². The Morgan fingerprint density at radius 2 is 1.79 bits per heavy atom. The Morgan fingerprint density at radius 1 is 1.07 bits per heavy atom. The minimum Gasteiger partial charge on any atom is -0.231 e. The van der Waals surface area contributed by atoms with Crippen LogP contribution in [0.4, 0.5) is 0 Å². The fourth-order valence-electron chi connectivity index (χ4n) is 2.95. The van der Waals surface area contributed by atoms with Crippen molar-refractivity contribution in [1.29, 1.82) is 0 Å². The Morgan fingerprint density at radius 3 is 2.43 bits per heavy atom. The van der Waals surface area contributed by atoms with E-state index in [1.54, 1.807) is 46.4 Å². The highest BCUT2D eigenvalue weighted by atomic mass is 35.5. The maximum atomic E-state index is 12.1. The van der Waals surface area contributed by atoms with Crippen LogP contribution < -0.4 is 5.14 Å². The minimum atomic E-state index is -3.92. The zero-order valence-electron chi connectivity index (χ0n) is 14.8. The summed E-state index contributed by atoms with van der Waals surface area (Å²) >= 11 is 7.62. The number of sulfonamides is 1. The van der Waals surface area contributed by atoms with E-state index in [1.165, 1.54) is 6.07 Å². The summed E-state index contributed by atoms with van der Waals surface area (Å²) in [5.41, 5.74) is 3.91. The molecule has 0 saturated heterocycles. The normalized spacial score (nSPS) is 11.7. The van der Waals surface area contributed by atoms with E-state index in [2.05, 4.69) is 11.4 Å². The predicted octanol–water partition coefficient (Wildman–Crippen LogP) is 4.88. The summed E-state index contributed by atoms with van der Waals surface area (Å²) in [5.74, 6) is 0. The van der Waals surface area contributed by atoms with Gasteiger partial charge in [0, 0.05) is 10.6 Å². The number of para-hydroxylation sites is 1. The Bertz CT molecular complexity index is 1260. The van der Waals surface area contributed by atoms with Gasteiger partial charge in [0.1, 0.15) is 10.6 Å². The third-order valence-corrected chi connectivity index (χ3v) is 6.51. The smallest absolute Gasteiger partial charge is 0.231 e. The molecule has 5 nitrogen and oxygen atoms in total. The third kappa shape index (κ3) is 3.62. The van der Waals surface area contributed by atoms with Crippen molar-refractivity contribution in [3.8, 4) is 27.5 Å². The monoisotopic (exact) mass is 429 g/mol. The summed E-state index contributed by atoms with van der Waals surface area (Å²) in [6.45, 7) is 2.02. The number of aromatic nitrogens is 2. The van der Waals surface area contributed by atoms with Gasteiger partial charge in [0.05, 0.1) is 16.3 Å². The number of aryl methyl sites for hydroxylation is 1. The molecule has 2 aromatic heterocycles. The molecule has 8 heteroatoms. The lowest BCUT2D eigenvalue weighted by Gasteiger charge is -2.11. The summed E-state index contributed by atoms with van der Waals surface area (Å²) in [7, 11) is -3.92. The Kier molecular flexibility index (Phi) is 4.84. The van der Waals surface area contributed by atoms with Gasteiger partial charge in [-0.15, -0.1) is 11.3 Å². The van der Waals surface area contributed by atoms with Crippen molar-refractivity contribution < 1.29 is 8.42 Å². The maximum Gasteiger partial charge on any atom is 0.240 e. The lowest BCUT2D eigenvalue weighted by atomic mass is 10.1. The second kappa shape index (κ2) is 7.18. The number of hydrogen-bond acceptors (Lipinski definition) is 4. The number of nitrogens with two attached hydrogens (primary N) is 1. The second-order valence-corrected chi connectivity index (χ2v) is 9.21. The molecule has 0 bridgehead atoms. The summed E-state index contributed by atoms with van der Waals surface area (Å²) < 4.78 is 25.9. The molecule has 0 radical (unpaired) electrons. The van der Waals surface area contributed by atoms with Crippen LogP contribution in [-0.2, 0) is 10.0 Å². The van der Waals surface area contributed by atoms with Crippen molar-refractivity contribution in [2.75, 3.05) is 0 Å². The number of hydrogen-bond donors (Lipinski definition) is 1. The van der Waals surface area contributed by atoms with Gasteiger partial charge in [-0.1, -0.05) is 35.9 Å². The van der Waals surface area contributed by atoms with E-state index in [-0.39, 0.29) is 4.90 Å². The van der Waals surface area contributed by atoms with Crippen LogP contribution in [-0.4, -0.2) is 18.2 Å². The highest BCUT2D eigenvalue weighted by Gasteiger charge is 2.20. The summed E-state index contributed by atoms with van der Waals surface area (Å²) in [6, 6.07) is 17.9. The molecule has 28 heavy (non-hydrogen) atoms. The van der Waals surface area contributed by atoms with Crippen LogP contribution in [0.2, 0.25) is 5.02 Å². The van der Waals surface area contributed by atoms with E-state index >= 15 is 0 Å². The maximum absolute atomic E-state index is 12.1. The summed E-state index contributed by atoms with van der Waals surface area (Å²) in [5, 5.41) is 12.8. The van der Waals surface area contributed by atoms with Gasteiger partial charge in [-0.3, -0.25) is 0 Å². The molecule has 2 N–H and O–H groups in total. The van der Waals surface area contributed by atoms with E-state index in [1.807, 2.05) is 25.1 Å². The van der Waals surface area contributed by atoms with E-state index in [0.717, 1.165) is 27.4 Å². The average molecular weight is 430 g/mol. The first-order valence-electron chi connectivity index (χ1n) is 8.36. The number of nitrogens with zero attached hydrogens (tertiary/aromatic N) is 2. The van der Waals surface area contributed by atoms with Gasteiger partial charge in [-0.05, 0) is 54.3 Å².